The van der Waals surface area contributed by atoms with Gasteiger partial charge in [-0.25, -0.2) is 4.98 Å². The van der Waals surface area contributed by atoms with Crippen molar-refractivity contribution in [3.63, 3.8) is 0 Å². The van der Waals surface area contributed by atoms with Crippen LogP contribution in [-0.4, -0.2) is 16.5 Å². The Balaban J connectivity index is 0.00000161. The Morgan fingerprint density at radius 2 is 1.90 bits per heavy atom. The lowest BCUT2D eigenvalue weighted by atomic mass is 10.1. The number of pyridine rings is 1. The normalized spacial score (nSPS) is 10.4. The molecule has 0 saturated carbocycles. The molecule has 0 unspecified atom stereocenters. The fourth-order valence-corrected chi connectivity index (χ4v) is 2.60. The van der Waals surface area contributed by atoms with Gasteiger partial charge < -0.3 is 9.14 Å². The van der Waals surface area contributed by atoms with Crippen LogP contribution in [0.4, 0.5) is 0 Å². The van der Waals surface area contributed by atoms with Crippen molar-refractivity contribution >= 4 is 29.7 Å². The van der Waals surface area contributed by atoms with Crippen molar-refractivity contribution in [2.24, 2.45) is 0 Å². The highest BCUT2D eigenvalue weighted by atomic mass is 35.5. The van der Waals surface area contributed by atoms with Crippen molar-refractivity contribution in [3.8, 4) is 5.75 Å². The predicted octanol–water partition coefficient (Wildman–Crippen LogP) is 4.09. The molecule has 0 N–H and O–H groups in total. The van der Waals surface area contributed by atoms with Gasteiger partial charge in [0.15, 0.2) is 0 Å². The first kappa shape index (κ1) is 15.7. The van der Waals surface area contributed by atoms with Crippen LogP contribution in [0.15, 0.2) is 48.7 Å². The molecule has 3 nitrogen and oxygen atoms in total. The number of benzene rings is 1. The van der Waals surface area contributed by atoms with E-state index in [1.165, 1.54) is 5.56 Å². The van der Waals surface area contributed by atoms with Crippen LogP contribution >= 0.6 is 24.0 Å². The number of hydrogen-bond acceptors (Lipinski definition) is 2. The maximum Gasteiger partial charge on any atom is 0.137 e. The Hall–Kier alpha value is -1.71. The summed E-state index contributed by atoms with van der Waals surface area (Å²) in [6.07, 6.45) is 2.77. The maximum absolute atomic E-state index is 6.09. The number of methoxy groups -OCH3 is 1. The smallest absolute Gasteiger partial charge is 0.137 e. The van der Waals surface area contributed by atoms with Crippen molar-refractivity contribution in [3.05, 3.63) is 65.6 Å². The zero-order valence-corrected chi connectivity index (χ0v) is 13.2. The molecule has 0 aliphatic carbocycles. The van der Waals surface area contributed by atoms with Crippen LogP contribution in [0.25, 0.3) is 5.65 Å². The third-order valence-corrected chi connectivity index (χ3v) is 3.62. The summed E-state index contributed by atoms with van der Waals surface area (Å²) < 4.78 is 7.22. The molecular weight excluding hydrogens is 307 g/mol. The fraction of sp³-hybridized carbons (Fsp3) is 0.188. The van der Waals surface area contributed by atoms with Gasteiger partial charge in [0.1, 0.15) is 11.4 Å². The number of rotatable bonds is 4. The Bertz CT molecular complexity index is 723. The molecule has 2 aromatic heterocycles. The van der Waals surface area contributed by atoms with Gasteiger partial charge in [-0.15, -0.1) is 24.0 Å². The van der Waals surface area contributed by atoms with Crippen LogP contribution in [0.1, 0.15) is 17.0 Å². The van der Waals surface area contributed by atoms with Gasteiger partial charge in [0.25, 0.3) is 0 Å². The van der Waals surface area contributed by atoms with Crippen molar-refractivity contribution in [1.82, 2.24) is 9.38 Å². The van der Waals surface area contributed by atoms with Gasteiger partial charge in [0, 0.05) is 12.6 Å². The lowest BCUT2D eigenvalue weighted by Gasteiger charge is -2.03. The fourth-order valence-electron chi connectivity index (χ4n) is 2.32. The first-order valence-electron chi connectivity index (χ1n) is 6.45. The topological polar surface area (TPSA) is 26.5 Å². The second-order valence-corrected chi connectivity index (χ2v) is 4.86. The standard InChI is InChI=1S/C16H15ClN2O.ClH/c1-20-13-7-5-12(6-8-13)10-14-15(11-17)19-9-3-2-4-16(19)18-14;/h2-9H,10-11H2,1H3;1H. The first-order chi connectivity index (χ1) is 9.81. The average molecular weight is 323 g/mol. The average Bonchev–Trinajstić information content (AvgIpc) is 2.85. The van der Waals surface area contributed by atoms with E-state index in [1.54, 1.807) is 7.11 Å². The summed E-state index contributed by atoms with van der Waals surface area (Å²) in [5, 5.41) is 0. The van der Waals surface area contributed by atoms with Gasteiger partial charge in [0.05, 0.1) is 24.4 Å². The summed E-state index contributed by atoms with van der Waals surface area (Å²) in [6.45, 7) is 0. The van der Waals surface area contributed by atoms with Crippen molar-refractivity contribution in [2.75, 3.05) is 7.11 Å². The number of ether oxygens (including phenoxy) is 1. The molecule has 0 aliphatic rings. The lowest BCUT2D eigenvalue weighted by Crippen LogP contribution is -1.95. The molecule has 21 heavy (non-hydrogen) atoms. The Morgan fingerprint density at radius 1 is 1.14 bits per heavy atom. The number of halogens is 2. The molecule has 0 atom stereocenters. The van der Waals surface area contributed by atoms with E-state index < -0.39 is 0 Å². The van der Waals surface area contributed by atoms with Gasteiger partial charge in [-0.05, 0) is 29.8 Å². The molecule has 0 aliphatic heterocycles. The van der Waals surface area contributed by atoms with Crippen LogP contribution in [0.2, 0.25) is 0 Å². The summed E-state index contributed by atoms with van der Waals surface area (Å²) in [7, 11) is 1.67. The van der Waals surface area contributed by atoms with Crippen molar-refractivity contribution in [2.45, 2.75) is 12.3 Å². The van der Waals surface area contributed by atoms with Crippen molar-refractivity contribution < 1.29 is 4.74 Å². The molecule has 0 bridgehead atoms. The molecular formula is C16H16Cl2N2O. The number of alkyl halides is 1. The summed E-state index contributed by atoms with van der Waals surface area (Å²) in [5.74, 6) is 1.32. The minimum atomic E-state index is 0. The molecule has 0 fully saturated rings. The highest BCUT2D eigenvalue weighted by molar-refractivity contribution is 6.17. The van der Waals surface area contributed by atoms with E-state index in [9.17, 15) is 0 Å². The van der Waals surface area contributed by atoms with Crippen LogP contribution < -0.4 is 4.74 Å². The molecule has 1 aromatic carbocycles. The largest absolute Gasteiger partial charge is 0.497 e. The highest BCUT2D eigenvalue weighted by Crippen LogP contribution is 2.20. The molecule has 2 heterocycles. The van der Waals surface area contributed by atoms with Crippen LogP contribution in [-0.2, 0) is 12.3 Å². The first-order valence-corrected chi connectivity index (χ1v) is 6.99. The number of fused-ring (bicyclic) bond motifs is 1. The number of aromatic nitrogens is 2. The zero-order chi connectivity index (χ0) is 13.9. The third-order valence-electron chi connectivity index (χ3n) is 3.37. The number of imidazole rings is 1. The number of hydrogen-bond donors (Lipinski definition) is 0. The van der Waals surface area contributed by atoms with Crippen molar-refractivity contribution in [1.29, 1.82) is 0 Å². The quantitative estimate of drug-likeness (QED) is 0.676. The van der Waals surface area contributed by atoms with Gasteiger partial charge in [0.2, 0.25) is 0 Å². The maximum atomic E-state index is 6.09. The van der Waals surface area contributed by atoms with E-state index in [-0.39, 0.29) is 12.4 Å². The van der Waals surface area contributed by atoms with Gasteiger partial charge in [-0.2, -0.15) is 0 Å². The van der Waals surface area contributed by atoms with Crippen LogP contribution in [0, 0.1) is 0 Å². The predicted molar refractivity (Wildman–Crippen MR) is 87.8 cm³/mol. The molecule has 0 saturated heterocycles. The monoisotopic (exact) mass is 322 g/mol. The Labute approximate surface area is 134 Å². The summed E-state index contributed by atoms with van der Waals surface area (Å²) in [4.78, 5) is 4.67. The minimum Gasteiger partial charge on any atom is -0.497 e. The Morgan fingerprint density at radius 3 is 2.57 bits per heavy atom. The lowest BCUT2D eigenvalue weighted by molar-refractivity contribution is 0.414. The SMILES string of the molecule is COc1ccc(Cc2nc3ccccn3c2CCl)cc1.Cl. The van der Waals surface area contributed by atoms with E-state index in [1.807, 2.05) is 40.9 Å². The van der Waals surface area contributed by atoms with E-state index in [0.717, 1.165) is 29.2 Å². The number of nitrogens with zero attached hydrogens (tertiary/aromatic N) is 2. The summed E-state index contributed by atoms with van der Waals surface area (Å²) in [5.41, 5.74) is 4.21. The molecule has 0 amide bonds. The van der Waals surface area contributed by atoms with Gasteiger partial charge in [-0.3, -0.25) is 0 Å². The Kier molecular flexibility index (Phi) is 5.10. The summed E-state index contributed by atoms with van der Waals surface area (Å²) >= 11 is 6.09. The molecule has 3 rings (SSSR count). The van der Waals surface area contributed by atoms with Crippen LogP contribution in [0.3, 0.4) is 0 Å². The molecule has 110 valence electrons. The molecule has 0 spiro atoms. The highest BCUT2D eigenvalue weighted by Gasteiger charge is 2.11. The van der Waals surface area contributed by atoms with Crippen LogP contribution in [0.5, 0.6) is 5.75 Å². The summed E-state index contributed by atoms with van der Waals surface area (Å²) in [6, 6.07) is 14.0. The van der Waals surface area contributed by atoms with E-state index in [2.05, 4.69) is 17.1 Å². The minimum absolute atomic E-state index is 0. The molecule has 5 heteroatoms. The zero-order valence-electron chi connectivity index (χ0n) is 11.6. The second-order valence-electron chi connectivity index (χ2n) is 4.59. The van der Waals surface area contributed by atoms with Gasteiger partial charge in [-0.1, -0.05) is 18.2 Å². The van der Waals surface area contributed by atoms with E-state index in [4.69, 9.17) is 16.3 Å². The van der Waals surface area contributed by atoms with Gasteiger partial charge >= 0.3 is 0 Å². The second kappa shape index (κ2) is 6.83. The molecule has 0 radical (unpaired) electrons. The van der Waals surface area contributed by atoms with E-state index in [0.29, 0.717) is 5.88 Å². The third kappa shape index (κ3) is 3.14. The molecule has 3 aromatic rings. The van der Waals surface area contributed by atoms with E-state index >= 15 is 0 Å².